The van der Waals surface area contributed by atoms with Gasteiger partial charge in [-0.3, -0.25) is 0 Å². The lowest BCUT2D eigenvalue weighted by molar-refractivity contribution is 0.332. The van der Waals surface area contributed by atoms with Crippen LogP contribution in [0, 0.1) is 6.92 Å². The Morgan fingerprint density at radius 1 is 0.441 bits per heavy atom. The molecule has 0 N–H and O–H groups in total. The van der Waals surface area contributed by atoms with Crippen LogP contribution >= 0.6 is 0 Å². The molecule has 0 aromatic heterocycles. The van der Waals surface area contributed by atoms with Gasteiger partial charge in [0.2, 0.25) is 0 Å². The Bertz CT molecular complexity index is 3300. The number of rotatable bonds is 3. The molecule has 0 atom stereocenters. The Hall–Kier alpha value is -5.80. The minimum Gasteiger partial charge on any atom is -0.311 e. The van der Waals surface area contributed by atoms with Crippen LogP contribution in [0.25, 0.3) is 22.3 Å². The third kappa shape index (κ3) is 6.02. The fourth-order valence-electron chi connectivity index (χ4n) is 14.1. The Balaban J connectivity index is 1.24. The monoisotopic (exact) mass is 889 g/mol. The van der Waals surface area contributed by atoms with Gasteiger partial charge in [-0.2, -0.15) is 0 Å². The number of hydrogen-bond acceptors (Lipinski definition) is 2. The molecule has 3 heteroatoms. The average molecular weight is 889 g/mol. The van der Waals surface area contributed by atoms with Crippen LogP contribution in [0.5, 0.6) is 0 Å². The summed E-state index contributed by atoms with van der Waals surface area (Å²) in [6.45, 7) is 34.3. The van der Waals surface area contributed by atoms with Gasteiger partial charge < -0.3 is 9.80 Å². The molecule has 2 nitrogen and oxygen atoms in total. The molecule has 0 spiro atoms. The molecular weight excluding hydrogens is 820 g/mol. The number of anilines is 6. The summed E-state index contributed by atoms with van der Waals surface area (Å²) in [5.41, 5.74) is 28.7. The maximum Gasteiger partial charge on any atom is 0.252 e. The zero-order valence-corrected chi connectivity index (χ0v) is 43.2. The molecule has 0 unspecified atom stereocenters. The van der Waals surface area contributed by atoms with Crippen molar-refractivity contribution in [1.29, 1.82) is 0 Å². The van der Waals surface area contributed by atoms with E-state index in [0.717, 1.165) is 6.42 Å². The molecule has 0 bridgehead atoms. The Morgan fingerprint density at radius 2 is 0.971 bits per heavy atom. The number of hydrogen-bond donors (Lipinski definition) is 0. The maximum atomic E-state index is 2.75. The largest absolute Gasteiger partial charge is 0.311 e. The van der Waals surface area contributed by atoms with Crippen LogP contribution in [-0.4, -0.2) is 6.71 Å². The second kappa shape index (κ2) is 13.9. The number of aryl methyl sites for hydroxylation is 1. The molecule has 342 valence electrons. The molecule has 0 saturated heterocycles. The van der Waals surface area contributed by atoms with E-state index in [4.69, 9.17) is 0 Å². The number of fused-ring (bicyclic) bond motifs is 9. The summed E-state index contributed by atoms with van der Waals surface area (Å²) in [5, 5.41) is 0. The van der Waals surface area contributed by atoms with Crippen LogP contribution in [-0.2, 0) is 32.5 Å². The van der Waals surface area contributed by atoms with E-state index in [0.29, 0.717) is 0 Å². The van der Waals surface area contributed by atoms with E-state index in [-0.39, 0.29) is 39.2 Å². The van der Waals surface area contributed by atoms with E-state index < -0.39 is 0 Å². The highest BCUT2D eigenvalue weighted by molar-refractivity contribution is 7.00. The van der Waals surface area contributed by atoms with E-state index in [1.807, 2.05) is 0 Å². The zero-order valence-electron chi connectivity index (χ0n) is 43.2. The van der Waals surface area contributed by atoms with E-state index in [9.17, 15) is 0 Å². The summed E-state index contributed by atoms with van der Waals surface area (Å²) in [6.07, 6.45) is 3.47. The molecule has 7 aromatic rings. The van der Waals surface area contributed by atoms with Gasteiger partial charge in [-0.1, -0.05) is 175 Å². The summed E-state index contributed by atoms with van der Waals surface area (Å²) < 4.78 is 0. The van der Waals surface area contributed by atoms with Crippen molar-refractivity contribution < 1.29 is 0 Å². The first-order valence-corrected chi connectivity index (χ1v) is 25.6. The Kier molecular flexibility index (Phi) is 8.91. The second-order valence-electron chi connectivity index (χ2n) is 25.6. The number of nitrogens with zero attached hydrogens (tertiary/aromatic N) is 2. The quantitative estimate of drug-likeness (QED) is 0.163. The Labute approximate surface area is 407 Å². The van der Waals surface area contributed by atoms with Gasteiger partial charge in [0, 0.05) is 39.4 Å². The van der Waals surface area contributed by atoms with Crippen LogP contribution in [0.1, 0.15) is 154 Å². The summed E-state index contributed by atoms with van der Waals surface area (Å²) in [5.74, 6) is 0. The zero-order chi connectivity index (χ0) is 47.8. The van der Waals surface area contributed by atoms with Crippen LogP contribution < -0.4 is 26.2 Å². The van der Waals surface area contributed by atoms with Gasteiger partial charge in [0.1, 0.15) is 0 Å². The second-order valence-corrected chi connectivity index (χ2v) is 25.6. The predicted octanol–water partition coefficient (Wildman–Crippen LogP) is 15.7. The third-order valence-corrected chi connectivity index (χ3v) is 17.8. The molecule has 0 saturated carbocycles. The Morgan fingerprint density at radius 3 is 1.57 bits per heavy atom. The van der Waals surface area contributed by atoms with Crippen LogP contribution in [0.4, 0.5) is 34.1 Å². The molecule has 2 aliphatic heterocycles. The summed E-state index contributed by atoms with van der Waals surface area (Å²) in [6, 6.07) is 50.4. The van der Waals surface area contributed by atoms with Crippen LogP contribution in [0.2, 0.25) is 0 Å². The standard InChI is InChI=1S/C65H69BN2/c1-39-31-41(40-21-16-15-17-22-40)27-28-52(39)67-54-36-48-46(61(5,6)29-30-62(48,7)8)34-50(54)66-51-35-47-49(64(11,12)38-63(47,9)10)37-55(51)68(57-33-42(60(2,3)4)32-56(67)59(57)66)53-26-20-25-45-58(53)43-23-18-19-24-44(43)65(45,13)14/h15-28,31-37H,29-30,38H2,1-14H3. The molecular formula is C65H69BN2. The van der Waals surface area contributed by atoms with Gasteiger partial charge in [0.05, 0.1) is 5.69 Å². The third-order valence-electron chi connectivity index (χ3n) is 17.8. The van der Waals surface area contributed by atoms with E-state index >= 15 is 0 Å². The highest BCUT2D eigenvalue weighted by Crippen LogP contribution is 2.58. The van der Waals surface area contributed by atoms with E-state index in [1.165, 1.54) is 130 Å². The lowest BCUT2D eigenvalue weighted by Gasteiger charge is -2.48. The van der Waals surface area contributed by atoms with Gasteiger partial charge >= 0.3 is 0 Å². The minimum absolute atomic E-state index is 0.0326. The lowest BCUT2D eigenvalue weighted by atomic mass is 9.32. The first kappa shape index (κ1) is 43.5. The van der Waals surface area contributed by atoms with Crippen molar-refractivity contribution in [3.05, 3.63) is 172 Å². The average Bonchev–Trinajstić information content (AvgIpc) is 3.63. The van der Waals surface area contributed by atoms with Gasteiger partial charge in [-0.15, -0.1) is 0 Å². The van der Waals surface area contributed by atoms with Gasteiger partial charge in [0.15, 0.2) is 0 Å². The van der Waals surface area contributed by atoms with Crippen molar-refractivity contribution in [2.75, 3.05) is 9.80 Å². The van der Waals surface area contributed by atoms with Crippen LogP contribution in [0.15, 0.2) is 127 Å². The summed E-state index contributed by atoms with van der Waals surface area (Å²) in [7, 11) is 0. The molecule has 12 rings (SSSR count). The predicted molar refractivity (Wildman–Crippen MR) is 293 cm³/mol. The normalized spacial score (nSPS) is 19.1. The van der Waals surface area contributed by atoms with Crippen molar-refractivity contribution in [1.82, 2.24) is 0 Å². The maximum absolute atomic E-state index is 2.75. The summed E-state index contributed by atoms with van der Waals surface area (Å²) >= 11 is 0. The summed E-state index contributed by atoms with van der Waals surface area (Å²) in [4.78, 5) is 5.46. The molecule has 3 aliphatic carbocycles. The van der Waals surface area contributed by atoms with Gasteiger partial charge in [0.25, 0.3) is 6.71 Å². The topological polar surface area (TPSA) is 6.48 Å². The van der Waals surface area contributed by atoms with Gasteiger partial charge in [-0.05, 0) is 173 Å². The molecule has 0 radical (unpaired) electrons. The molecule has 7 aromatic carbocycles. The molecule has 5 aliphatic rings. The molecule has 68 heavy (non-hydrogen) atoms. The van der Waals surface area contributed by atoms with Crippen molar-refractivity contribution in [2.24, 2.45) is 0 Å². The fraction of sp³-hybridized carbons (Fsp3) is 0.354. The molecule has 0 fully saturated rings. The fourth-order valence-corrected chi connectivity index (χ4v) is 14.1. The van der Waals surface area contributed by atoms with Crippen molar-refractivity contribution >= 4 is 57.2 Å². The highest BCUT2D eigenvalue weighted by Gasteiger charge is 2.51. The minimum atomic E-state index is -0.126. The van der Waals surface area contributed by atoms with Crippen molar-refractivity contribution in [3.63, 3.8) is 0 Å². The first-order valence-electron chi connectivity index (χ1n) is 25.6. The molecule has 0 amide bonds. The lowest BCUT2D eigenvalue weighted by Crippen LogP contribution is -2.62. The van der Waals surface area contributed by atoms with Crippen LogP contribution in [0.3, 0.4) is 0 Å². The first-order chi connectivity index (χ1) is 32.0. The van der Waals surface area contributed by atoms with Gasteiger partial charge in [-0.25, -0.2) is 0 Å². The SMILES string of the molecule is Cc1cc(-c2ccccc2)ccc1N1c2cc3c(cc2B2c4cc5c(cc4N(c4cccc6c4-c4ccccc4C6(C)C)c4cc(C(C)(C)C)cc1c42)C(C)(C)CC5(C)C)C(C)(C)CCC3(C)C. The van der Waals surface area contributed by atoms with E-state index in [1.54, 1.807) is 0 Å². The molecule has 2 heterocycles. The smallest absolute Gasteiger partial charge is 0.252 e. The van der Waals surface area contributed by atoms with Crippen molar-refractivity contribution in [2.45, 2.75) is 149 Å². The van der Waals surface area contributed by atoms with E-state index in [2.05, 4.69) is 234 Å². The number of benzene rings is 7. The highest BCUT2D eigenvalue weighted by atomic mass is 15.2. The van der Waals surface area contributed by atoms with Crippen molar-refractivity contribution in [3.8, 4) is 22.3 Å².